The minimum atomic E-state index is -1.02. The summed E-state index contributed by atoms with van der Waals surface area (Å²) in [6, 6.07) is 12.2. The number of carboxylic acid groups (broad SMARTS) is 1. The molecule has 0 bridgehead atoms. The summed E-state index contributed by atoms with van der Waals surface area (Å²) in [5, 5.41) is 18.6. The number of carbonyl (C=O) groups is 2. The van der Waals surface area contributed by atoms with Crippen LogP contribution in [0.5, 0.6) is 5.75 Å². The van der Waals surface area contributed by atoms with Crippen molar-refractivity contribution in [3.63, 3.8) is 0 Å². The third-order valence-electron chi connectivity index (χ3n) is 8.70. The van der Waals surface area contributed by atoms with Crippen molar-refractivity contribution in [3.8, 4) is 17.0 Å². The SMILES string of the molecule is COc1ccc2c(c1)C=C(c1c(C(=O)O)cnn1C)Cn1c-2c(C2CCCCC2)c2ccc(C(=O)NCC(C)C)cc21. The number of hydrogen-bond acceptors (Lipinski definition) is 4. The van der Waals surface area contributed by atoms with Crippen LogP contribution < -0.4 is 10.1 Å². The maximum Gasteiger partial charge on any atom is 0.339 e. The third-order valence-corrected chi connectivity index (χ3v) is 8.70. The van der Waals surface area contributed by atoms with Crippen LogP contribution in [0.25, 0.3) is 33.8 Å². The molecule has 0 unspecified atom stereocenters. The fourth-order valence-electron chi connectivity index (χ4n) is 6.70. The zero-order chi connectivity index (χ0) is 29.5. The predicted molar refractivity (Wildman–Crippen MR) is 165 cm³/mol. The van der Waals surface area contributed by atoms with Gasteiger partial charge < -0.3 is 19.7 Å². The van der Waals surface area contributed by atoms with E-state index in [9.17, 15) is 14.7 Å². The van der Waals surface area contributed by atoms with Crippen LogP contribution in [-0.2, 0) is 13.6 Å². The fourth-order valence-corrected chi connectivity index (χ4v) is 6.70. The Labute approximate surface area is 246 Å². The van der Waals surface area contributed by atoms with Gasteiger partial charge >= 0.3 is 5.97 Å². The Kier molecular flexibility index (Phi) is 7.39. The lowest BCUT2D eigenvalue weighted by Crippen LogP contribution is -2.27. The summed E-state index contributed by atoms with van der Waals surface area (Å²) in [6.07, 6.45) is 9.38. The van der Waals surface area contributed by atoms with Gasteiger partial charge in [-0.15, -0.1) is 0 Å². The van der Waals surface area contributed by atoms with Crippen LogP contribution in [0.3, 0.4) is 0 Å². The van der Waals surface area contributed by atoms with E-state index in [1.165, 1.54) is 31.0 Å². The Hall–Kier alpha value is -4.33. The Morgan fingerprint density at radius 2 is 1.88 bits per heavy atom. The van der Waals surface area contributed by atoms with Crippen LogP contribution in [0.15, 0.2) is 42.6 Å². The summed E-state index contributed by atoms with van der Waals surface area (Å²) in [5.74, 6) is 0.388. The van der Waals surface area contributed by atoms with Crippen LogP contribution >= 0.6 is 0 Å². The number of ether oxygens (including phenoxy) is 1. The summed E-state index contributed by atoms with van der Waals surface area (Å²) in [5.41, 5.74) is 7.67. The second kappa shape index (κ2) is 11.2. The molecule has 2 aromatic carbocycles. The number of allylic oxidation sites excluding steroid dienone is 1. The first kappa shape index (κ1) is 27.8. The molecule has 0 atom stereocenters. The fraction of sp³-hybridized carbons (Fsp3) is 0.382. The van der Waals surface area contributed by atoms with Crippen molar-refractivity contribution >= 4 is 34.4 Å². The number of carbonyl (C=O) groups excluding carboxylic acids is 1. The van der Waals surface area contributed by atoms with Gasteiger partial charge in [-0.1, -0.05) is 39.2 Å². The number of nitrogens with zero attached hydrogens (tertiary/aromatic N) is 3. The summed E-state index contributed by atoms with van der Waals surface area (Å²) in [7, 11) is 3.43. The first-order valence-electron chi connectivity index (χ1n) is 14.9. The van der Waals surface area contributed by atoms with Gasteiger partial charge in [0.05, 0.1) is 31.2 Å². The molecule has 8 nitrogen and oxygen atoms in total. The Morgan fingerprint density at radius 3 is 2.60 bits per heavy atom. The molecular weight excluding hydrogens is 528 g/mol. The average molecular weight is 567 g/mol. The highest BCUT2D eigenvalue weighted by Crippen LogP contribution is 2.47. The van der Waals surface area contributed by atoms with Crippen molar-refractivity contribution in [1.82, 2.24) is 19.7 Å². The number of amides is 1. The molecule has 6 rings (SSSR count). The number of aromatic carboxylic acids is 1. The number of rotatable bonds is 7. The molecule has 1 aliphatic heterocycles. The van der Waals surface area contributed by atoms with Crippen molar-refractivity contribution in [2.75, 3.05) is 13.7 Å². The molecular formula is C34H38N4O4. The normalized spacial score (nSPS) is 15.2. The molecule has 1 saturated carbocycles. The molecule has 4 aromatic rings. The first-order chi connectivity index (χ1) is 20.3. The van der Waals surface area contributed by atoms with E-state index in [4.69, 9.17) is 4.74 Å². The molecule has 1 aliphatic carbocycles. The highest BCUT2D eigenvalue weighted by atomic mass is 16.5. The summed E-state index contributed by atoms with van der Waals surface area (Å²) in [4.78, 5) is 25.5. The van der Waals surface area contributed by atoms with Gasteiger partial charge in [-0.25, -0.2) is 4.79 Å². The zero-order valence-corrected chi connectivity index (χ0v) is 24.7. The monoisotopic (exact) mass is 566 g/mol. The highest BCUT2D eigenvalue weighted by Gasteiger charge is 2.31. The summed E-state index contributed by atoms with van der Waals surface area (Å²) >= 11 is 0. The summed E-state index contributed by atoms with van der Waals surface area (Å²) in [6.45, 7) is 5.21. The number of benzene rings is 2. The third kappa shape index (κ3) is 4.89. The maximum atomic E-state index is 13.2. The van der Waals surface area contributed by atoms with Crippen LogP contribution in [0.1, 0.15) is 89.4 Å². The molecule has 8 heteroatoms. The van der Waals surface area contributed by atoms with Gasteiger partial charge in [-0.2, -0.15) is 5.10 Å². The van der Waals surface area contributed by atoms with E-state index in [0.717, 1.165) is 51.9 Å². The first-order valence-corrected chi connectivity index (χ1v) is 14.9. The second-order valence-corrected chi connectivity index (χ2v) is 12.0. The highest BCUT2D eigenvalue weighted by molar-refractivity contribution is 6.03. The van der Waals surface area contributed by atoms with Crippen molar-refractivity contribution in [3.05, 3.63) is 70.5 Å². The maximum absolute atomic E-state index is 13.2. The molecule has 0 spiro atoms. The topological polar surface area (TPSA) is 98.4 Å². The number of nitrogens with one attached hydrogen (secondary N) is 1. The Balaban J connectivity index is 1.63. The molecule has 42 heavy (non-hydrogen) atoms. The van der Waals surface area contributed by atoms with E-state index in [2.05, 4.69) is 47.0 Å². The standard InChI is InChI=1S/C34H38N4O4/c1-20(2)17-35-33(39)22-10-12-27-29(16-22)38-19-24(31-28(34(40)41)18-36-37(31)3)14-23-15-25(42-4)11-13-26(23)32(38)30(27)21-8-6-5-7-9-21/h10-16,18,20-21H,5-9,17,19H2,1-4H3,(H,35,39)(H,40,41). The van der Waals surface area contributed by atoms with E-state index in [1.807, 2.05) is 24.3 Å². The largest absolute Gasteiger partial charge is 0.497 e. The van der Waals surface area contributed by atoms with Gasteiger partial charge in [0.25, 0.3) is 5.91 Å². The smallest absolute Gasteiger partial charge is 0.339 e. The molecule has 2 aromatic heterocycles. The quantitative estimate of drug-likeness (QED) is 0.258. The lowest BCUT2D eigenvalue weighted by Gasteiger charge is -2.24. The number of fused-ring (bicyclic) bond motifs is 5. The number of aromatic nitrogens is 3. The van der Waals surface area contributed by atoms with Gasteiger partial charge in [-0.05, 0) is 77.8 Å². The molecule has 3 heterocycles. The van der Waals surface area contributed by atoms with E-state index in [0.29, 0.717) is 36.2 Å². The van der Waals surface area contributed by atoms with Crippen LogP contribution in [0, 0.1) is 5.92 Å². The minimum Gasteiger partial charge on any atom is -0.497 e. The lowest BCUT2D eigenvalue weighted by atomic mass is 9.81. The number of carboxylic acids is 1. The Morgan fingerprint density at radius 1 is 1.10 bits per heavy atom. The number of aryl methyl sites for hydroxylation is 1. The molecule has 2 N–H and O–H groups in total. The van der Waals surface area contributed by atoms with Crippen LogP contribution in [0.4, 0.5) is 0 Å². The van der Waals surface area contributed by atoms with E-state index < -0.39 is 5.97 Å². The van der Waals surface area contributed by atoms with E-state index >= 15 is 0 Å². The second-order valence-electron chi connectivity index (χ2n) is 12.0. The number of methoxy groups -OCH3 is 1. The Bertz CT molecular complexity index is 1720. The number of hydrogen-bond donors (Lipinski definition) is 2. The van der Waals surface area contributed by atoms with Crippen molar-refractivity contribution in [1.29, 1.82) is 0 Å². The van der Waals surface area contributed by atoms with Gasteiger partial charge in [0.2, 0.25) is 0 Å². The molecule has 1 amide bonds. The van der Waals surface area contributed by atoms with Crippen molar-refractivity contribution in [2.45, 2.75) is 58.4 Å². The molecule has 2 aliphatic rings. The van der Waals surface area contributed by atoms with Gasteiger partial charge in [0.15, 0.2) is 0 Å². The average Bonchev–Trinajstić information content (AvgIpc) is 3.48. The van der Waals surface area contributed by atoms with Crippen molar-refractivity contribution in [2.24, 2.45) is 13.0 Å². The minimum absolute atomic E-state index is 0.0883. The summed E-state index contributed by atoms with van der Waals surface area (Å²) < 4.78 is 9.55. The van der Waals surface area contributed by atoms with Crippen LogP contribution in [0.2, 0.25) is 0 Å². The molecule has 0 saturated heterocycles. The molecule has 0 radical (unpaired) electrons. The van der Waals surface area contributed by atoms with Gasteiger partial charge in [-0.3, -0.25) is 9.48 Å². The van der Waals surface area contributed by atoms with E-state index in [-0.39, 0.29) is 11.5 Å². The molecule has 218 valence electrons. The van der Waals surface area contributed by atoms with E-state index in [1.54, 1.807) is 18.8 Å². The van der Waals surface area contributed by atoms with Gasteiger partial charge in [0.1, 0.15) is 11.3 Å². The van der Waals surface area contributed by atoms with Gasteiger partial charge in [0, 0.05) is 35.6 Å². The molecule has 1 fully saturated rings. The lowest BCUT2D eigenvalue weighted by molar-refractivity contribution is 0.0696. The van der Waals surface area contributed by atoms with Crippen molar-refractivity contribution < 1.29 is 19.4 Å². The van der Waals surface area contributed by atoms with Crippen LogP contribution in [-0.4, -0.2) is 45.0 Å². The predicted octanol–water partition coefficient (Wildman–Crippen LogP) is 6.74. The zero-order valence-electron chi connectivity index (χ0n) is 24.7.